The Morgan fingerprint density at radius 1 is 1.14 bits per heavy atom. The first kappa shape index (κ1) is 21.2. The maximum absolute atomic E-state index is 11.5. The molecule has 0 saturated heterocycles. The van der Waals surface area contributed by atoms with Crippen LogP contribution in [0.15, 0.2) is 0 Å². The summed E-state index contributed by atoms with van der Waals surface area (Å²) in [4.78, 5) is 11.5. The second kappa shape index (κ2) is 10.0. The van der Waals surface area contributed by atoms with E-state index in [2.05, 4.69) is 9.50 Å². The molecule has 0 bridgehead atoms. The molecule has 0 unspecified atom stereocenters. The number of hydrogen-bond acceptors (Lipinski definition) is 8. The molecule has 11 heteroatoms. The second-order valence-corrected chi connectivity index (χ2v) is 5.79. The number of unbranched alkanes of at least 4 members (excludes halogenated alkanes) is 2. The lowest BCUT2D eigenvalue weighted by Gasteiger charge is -2.25. The second-order valence-electron chi connectivity index (χ2n) is 4.70. The first-order valence-electron chi connectivity index (χ1n) is 6.72. The lowest BCUT2D eigenvalue weighted by molar-refractivity contribution is -0.148. The van der Waals surface area contributed by atoms with E-state index in [1.54, 1.807) is 0 Å². The zero-order valence-corrected chi connectivity index (χ0v) is 12.9. The number of rotatable bonds is 11. The molecule has 0 rings (SSSR count). The third-order valence-electron chi connectivity index (χ3n) is 2.80. The number of carbonyl (C=O) groups is 1. The maximum atomic E-state index is 11.5. The number of nitrogens with one attached hydrogen (secondary N) is 1. The largest absolute Gasteiger partial charge is 0.397 e. The zero-order chi connectivity index (χ0) is 17.3. The maximum Gasteiger partial charge on any atom is 0.397 e. The van der Waals surface area contributed by atoms with Crippen molar-refractivity contribution in [3.63, 3.8) is 0 Å². The van der Waals surface area contributed by atoms with Crippen molar-refractivity contribution in [1.82, 2.24) is 5.32 Å². The Morgan fingerprint density at radius 2 is 1.73 bits per heavy atom. The van der Waals surface area contributed by atoms with Crippen LogP contribution in [-0.2, 0) is 19.4 Å². The van der Waals surface area contributed by atoms with Gasteiger partial charge in [0.25, 0.3) is 5.91 Å². The third-order valence-corrected chi connectivity index (χ3v) is 3.24. The van der Waals surface area contributed by atoms with Crippen molar-refractivity contribution in [1.29, 1.82) is 0 Å². The van der Waals surface area contributed by atoms with Crippen molar-refractivity contribution >= 4 is 16.3 Å². The molecular weight excluding hydrogens is 322 g/mol. The number of carbonyl (C=O) groups excluding carboxylic acids is 1. The summed E-state index contributed by atoms with van der Waals surface area (Å²) >= 11 is 0. The monoisotopic (exact) mass is 345 g/mol. The lowest BCUT2D eigenvalue weighted by Crippen LogP contribution is -2.52. The Hall–Kier alpha value is -0.820. The normalized spacial score (nSPS) is 17.5. The van der Waals surface area contributed by atoms with Gasteiger partial charge >= 0.3 is 10.4 Å². The van der Waals surface area contributed by atoms with Crippen molar-refractivity contribution in [3.05, 3.63) is 0 Å². The first-order valence-corrected chi connectivity index (χ1v) is 8.08. The van der Waals surface area contributed by atoms with E-state index in [0.717, 1.165) is 12.8 Å². The van der Waals surface area contributed by atoms with Crippen LogP contribution < -0.4 is 5.32 Å². The quantitative estimate of drug-likeness (QED) is 0.175. The van der Waals surface area contributed by atoms with Crippen LogP contribution in [0, 0.1) is 0 Å². The van der Waals surface area contributed by atoms with Gasteiger partial charge in [-0.2, -0.15) is 8.42 Å². The fourth-order valence-electron chi connectivity index (χ4n) is 1.51. The van der Waals surface area contributed by atoms with E-state index in [9.17, 15) is 33.6 Å². The molecule has 0 aromatic carbocycles. The number of aliphatic hydroxyl groups excluding tert-OH is 4. The molecule has 0 aromatic heterocycles. The highest BCUT2D eigenvalue weighted by molar-refractivity contribution is 7.80. The highest BCUT2D eigenvalue weighted by Gasteiger charge is 2.34. The minimum atomic E-state index is -4.83. The molecule has 0 aliphatic carbocycles. The van der Waals surface area contributed by atoms with Gasteiger partial charge < -0.3 is 25.7 Å². The van der Waals surface area contributed by atoms with Crippen LogP contribution in [0.3, 0.4) is 0 Å². The number of amides is 1. The van der Waals surface area contributed by atoms with Gasteiger partial charge in [-0.15, -0.1) is 0 Å². The Labute approximate surface area is 128 Å². The third kappa shape index (κ3) is 8.58. The van der Waals surface area contributed by atoms with Crippen LogP contribution in [-0.4, -0.2) is 76.9 Å². The Morgan fingerprint density at radius 3 is 2.23 bits per heavy atom. The summed E-state index contributed by atoms with van der Waals surface area (Å²) in [5, 5.41) is 40.3. The SMILES string of the molecule is CCCCCNC(=O)[C@@H](O)[C@@H](O)[C@H](O)[C@H](O)COS(=O)(=O)O. The van der Waals surface area contributed by atoms with E-state index in [1.807, 2.05) is 6.92 Å². The average molecular weight is 345 g/mol. The zero-order valence-electron chi connectivity index (χ0n) is 12.1. The molecule has 0 radical (unpaired) electrons. The fourth-order valence-corrected chi connectivity index (χ4v) is 1.83. The van der Waals surface area contributed by atoms with Gasteiger partial charge in [0.1, 0.15) is 18.3 Å². The van der Waals surface area contributed by atoms with E-state index in [1.165, 1.54) is 0 Å². The molecule has 1 amide bonds. The Balaban J connectivity index is 4.34. The van der Waals surface area contributed by atoms with Crippen LogP contribution in [0.5, 0.6) is 0 Å². The molecule has 132 valence electrons. The summed E-state index contributed by atoms with van der Waals surface area (Å²) in [5.41, 5.74) is 0. The van der Waals surface area contributed by atoms with E-state index < -0.39 is 47.3 Å². The summed E-state index contributed by atoms with van der Waals surface area (Å²) in [6.45, 7) is 1.19. The summed E-state index contributed by atoms with van der Waals surface area (Å²) in [6.07, 6.45) is -5.61. The standard InChI is InChI=1S/C11H23NO9S/c1-2-3-4-5-12-11(17)10(16)9(15)8(14)7(13)6-21-22(18,19)20/h7-10,13-16H,2-6H2,1H3,(H,12,17)(H,18,19,20)/t7-,8-,9+,10+/m1/s1. The highest BCUT2D eigenvalue weighted by atomic mass is 32.3. The van der Waals surface area contributed by atoms with Gasteiger partial charge in [0.2, 0.25) is 0 Å². The van der Waals surface area contributed by atoms with Crippen molar-refractivity contribution in [3.8, 4) is 0 Å². The van der Waals surface area contributed by atoms with Crippen molar-refractivity contribution in [2.45, 2.75) is 50.6 Å². The van der Waals surface area contributed by atoms with Gasteiger partial charge in [0, 0.05) is 6.54 Å². The number of hydrogen-bond donors (Lipinski definition) is 6. The van der Waals surface area contributed by atoms with Crippen molar-refractivity contribution < 1.29 is 42.4 Å². The van der Waals surface area contributed by atoms with Crippen LogP contribution >= 0.6 is 0 Å². The summed E-state index contributed by atoms with van der Waals surface area (Å²) in [6, 6.07) is 0. The van der Waals surface area contributed by atoms with Crippen molar-refractivity contribution in [2.75, 3.05) is 13.2 Å². The van der Waals surface area contributed by atoms with Crippen LogP contribution in [0.4, 0.5) is 0 Å². The summed E-state index contributed by atoms with van der Waals surface area (Å²) in [5.74, 6) is -0.939. The molecule has 6 N–H and O–H groups in total. The predicted molar refractivity (Wildman–Crippen MR) is 74.1 cm³/mol. The van der Waals surface area contributed by atoms with Gasteiger partial charge in [0.05, 0.1) is 6.61 Å². The molecule has 0 aliphatic rings. The molecule has 0 aliphatic heterocycles. The van der Waals surface area contributed by atoms with Crippen LogP contribution in [0.2, 0.25) is 0 Å². The fraction of sp³-hybridized carbons (Fsp3) is 0.909. The molecule has 0 spiro atoms. The average Bonchev–Trinajstić information content (AvgIpc) is 2.45. The lowest BCUT2D eigenvalue weighted by atomic mass is 10.0. The summed E-state index contributed by atoms with van der Waals surface area (Å²) in [7, 11) is -4.83. The topological polar surface area (TPSA) is 174 Å². The van der Waals surface area contributed by atoms with E-state index in [-0.39, 0.29) is 6.54 Å². The predicted octanol–water partition coefficient (Wildman–Crippen LogP) is -2.44. The van der Waals surface area contributed by atoms with Gasteiger partial charge in [-0.05, 0) is 6.42 Å². The van der Waals surface area contributed by atoms with Gasteiger partial charge in [-0.3, -0.25) is 9.35 Å². The van der Waals surface area contributed by atoms with Crippen molar-refractivity contribution in [2.24, 2.45) is 0 Å². The van der Waals surface area contributed by atoms with Crippen LogP contribution in [0.25, 0.3) is 0 Å². The first-order chi connectivity index (χ1) is 10.1. The van der Waals surface area contributed by atoms with E-state index in [4.69, 9.17) is 4.55 Å². The minimum absolute atomic E-state index is 0.279. The minimum Gasteiger partial charge on any atom is -0.388 e. The van der Waals surface area contributed by atoms with Gasteiger partial charge in [0.15, 0.2) is 6.10 Å². The Kier molecular flexibility index (Phi) is 9.67. The molecule has 0 saturated carbocycles. The molecular formula is C11H23NO9S. The van der Waals surface area contributed by atoms with Crippen LogP contribution in [0.1, 0.15) is 26.2 Å². The highest BCUT2D eigenvalue weighted by Crippen LogP contribution is 2.07. The van der Waals surface area contributed by atoms with Gasteiger partial charge in [-0.1, -0.05) is 19.8 Å². The smallest absolute Gasteiger partial charge is 0.388 e. The Bertz CT molecular complexity index is 427. The number of aliphatic hydroxyl groups is 4. The molecule has 0 heterocycles. The molecule has 4 atom stereocenters. The van der Waals surface area contributed by atoms with Gasteiger partial charge in [-0.25, -0.2) is 4.18 Å². The van der Waals surface area contributed by atoms with E-state index in [0.29, 0.717) is 6.42 Å². The molecule has 10 nitrogen and oxygen atoms in total. The summed E-state index contributed by atoms with van der Waals surface area (Å²) < 4.78 is 32.7. The molecule has 22 heavy (non-hydrogen) atoms. The van der Waals surface area contributed by atoms with E-state index >= 15 is 0 Å². The molecule has 0 fully saturated rings. The molecule has 0 aromatic rings.